The Labute approximate surface area is 92.9 Å². The first kappa shape index (κ1) is 10.4. The molecule has 0 spiro atoms. The van der Waals surface area contributed by atoms with Crippen molar-refractivity contribution < 1.29 is 47.6 Å². The third-order valence-electron chi connectivity index (χ3n) is 0.906. The zero-order valence-corrected chi connectivity index (χ0v) is 7.76. The van der Waals surface area contributed by atoms with E-state index >= 15 is 0 Å². The maximum absolute atomic E-state index is 10.1. The topological polar surface area (TPSA) is 37.3 Å². The average molecular weight is 307 g/mol. The molecule has 2 nitrogen and oxygen atoms in total. The van der Waals surface area contributed by atoms with Gasteiger partial charge >= 0.3 is 5.97 Å². The number of rotatable bonds is 2. The van der Waals surface area contributed by atoms with Crippen LogP contribution in [0.5, 0.6) is 0 Å². The van der Waals surface area contributed by atoms with E-state index in [1.165, 1.54) is 11.3 Å². The first-order valence-corrected chi connectivity index (χ1v) is 3.41. The Morgan fingerprint density at radius 2 is 2.40 bits per heavy atom. The summed E-state index contributed by atoms with van der Waals surface area (Å²) in [6.07, 6.45) is 0.150. The van der Waals surface area contributed by atoms with Crippen LogP contribution in [0, 0.1) is 37.7 Å². The summed E-state index contributed by atoms with van der Waals surface area (Å²) in [7, 11) is 0. The number of thiophene rings is 1. The van der Waals surface area contributed by atoms with Crippen LogP contribution in [0.25, 0.3) is 0 Å². The monoisotopic (exact) mass is 307 g/mol. The third-order valence-corrected chi connectivity index (χ3v) is 1.78. The Kier molecular flexibility index (Phi) is 5.35. The van der Waals surface area contributed by atoms with E-state index in [0.29, 0.717) is 0 Å². The largest absolute Gasteiger partial charge is 0.481 e. The normalized spacial score (nSPS) is 8.40. The van der Waals surface area contributed by atoms with Gasteiger partial charge in [-0.25, -0.2) is 0 Å². The summed E-state index contributed by atoms with van der Waals surface area (Å²) >= 11 is 1.47. The van der Waals surface area contributed by atoms with Crippen molar-refractivity contribution in [2.45, 2.75) is 6.42 Å². The van der Waals surface area contributed by atoms with E-state index in [2.05, 4.69) is 0 Å². The predicted octanol–water partition coefficient (Wildman–Crippen LogP) is 1.38. The standard InChI is InChI=1S/C6H6O2S.Ho/c7-6(8)4-5-2-1-3-9-5;/h1-3H,4H2,(H,7,8);. The van der Waals surface area contributed by atoms with Crippen LogP contribution in [-0.4, -0.2) is 11.1 Å². The van der Waals surface area contributed by atoms with Crippen molar-refractivity contribution in [2.24, 2.45) is 0 Å². The summed E-state index contributed by atoms with van der Waals surface area (Å²) in [6.45, 7) is 0. The fraction of sp³-hybridized carbons (Fsp3) is 0.167. The summed E-state index contributed by atoms with van der Waals surface area (Å²) in [6, 6.07) is 3.67. The van der Waals surface area contributed by atoms with Crippen molar-refractivity contribution in [2.75, 3.05) is 0 Å². The second kappa shape index (κ2) is 5.13. The van der Waals surface area contributed by atoms with Crippen LogP contribution in [0.2, 0.25) is 0 Å². The molecule has 1 rings (SSSR count). The molecular weight excluding hydrogens is 301 g/mol. The van der Waals surface area contributed by atoms with Gasteiger partial charge in [-0.15, -0.1) is 11.3 Å². The molecule has 0 saturated carbocycles. The second-order valence-electron chi connectivity index (χ2n) is 1.65. The molecule has 0 aliphatic heterocycles. The van der Waals surface area contributed by atoms with Crippen molar-refractivity contribution in [1.82, 2.24) is 0 Å². The van der Waals surface area contributed by atoms with E-state index in [0.717, 1.165) is 4.88 Å². The van der Waals surface area contributed by atoms with E-state index < -0.39 is 5.97 Å². The first-order valence-electron chi connectivity index (χ1n) is 2.53. The predicted molar refractivity (Wildman–Crippen MR) is 35.7 cm³/mol. The van der Waals surface area contributed by atoms with Gasteiger partial charge in [0, 0.05) is 42.6 Å². The number of aliphatic carboxylic acids is 1. The molecule has 1 radical (unpaired) electrons. The maximum Gasteiger partial charge on any atom is 0.308 e. The number of hydrogen-bond donors (Lipinski definition) is 1. The molecule has 0 saturated heterocycles. The van der Waals surface area contributed by atoms with Crippen LogP contribution in [-0.2, 0) is 11.2 Å². The van der Waals surface area contributed by atoms with Crippen LogP contribution in [0.1, 0.15) is 4.88 Å². The average Bonchev–Trinajstić information content (AvgIpc) is 2.15. The van der Waals surface area contributed by atoms with E-state index in [1.807, 2.05) is 17.5 Å². The number of carboxylic acid groups (broad SMARTS) is 1. The molecule has 0 aromatic carbocycles. The second-order valence-corrected chi connectivity index (χ2v) is 2.68. The summed E-state index contributed by atoms with van der Waals surface area (Å²) in [4.78, 5) is 11.0. The summed E-state index contributed by atoms with van der Waals surface area (Å²) < 4.78 is 0. The molecule has 10 heavy (non-hydrogen) atoms. The molecule has 59 valence electrons. The van der Waals surface area contributed by atoms with Gasteiger partial charge in [0.05, 0.1) is 6.42 Å². The first-order chi connectivity index (χ1) is 4.29. The van der Waals surface area contributed by atoms with Crippen molar-refractivity contribution in [1.29, 1.82) is 0 Å². The van der Waals surface area contributed by atoms with Gasteiger partial charge < -0.3 is 5.11 Å². The molecule has 0 atom stereocenters. The van der Waals surface area contributed by atoms with Crippen LogP contribution < -0.4 is 0 Å². The Balaban J connectivity index is 0.000000810. The molecule has 0 fully saturated rings. The van der Waals surface area contributed by atoms with Crippen LogP contribution >= 0.6 is 11.3 Å². The number of hydrogen-bond acceptors (Lipinski definition) is 2. The van der Waals surface area contributed by atoms with Gasteiger partial charge in [0.25, 0.3) is 0 Å². The molecule has 0 bridgehead atoms. The van der Waals surface area contributed by atoms with Crippen molar-refractivity contribution >= 4 is 17.3 Å². The molecule has 0 aliphatic carbocycles. The molecule has 0 amide bonds. The Hall–Kier alpha value is 0.430. The van der Waals surface area contributed by atoms with Crippen LogP contribution in [0.3, 0.4) is 0 Å². The van der Waals surface area contributed by atoms with E-state index in [9.17, 15) is 4.79 Å². The Bertz CT molecular complexity index is 196. The fourth-order valence-electron chi connectivity index (χ4n) is 0.562. The van der Waals surface area contributed by atoms with Crippen LogP contribution in [0.15, 0.2) is 17.5 Å². The minimum absolute atomic E-state index is 0. The SMILES string of the molecule is O=C(O)Cc1cccs1.[Ho]. The Morgan fingerprint density at radius 3 is 2.80 bits per heavy atom. The van der Waals surface area contributed by atoms with E-state index in [1.54, 1.807) is 0 Å². The van der Waals surface area contributed by atoms with Gasteiger partial charge in [-0.1, -0.05) is 6.07 Å². The summed E-state index contributed by atoms with van der Waals surface area (Å²) in [5.41, 5.74) is 0. The molecule has 1 heterocycles. The minimum atomic E-state index is -0.766. The molecule has 0 aliphatic rings. The Morgan fingerprint density at radius 1 is 1.70 bits per heavy atom. The van der Waals surface area contributed by atoms with Gasteiger partial charge in [-0.3, -0.25) is 4.79 Å². The number of carboxylic acids is 1. The zero-order valence-electron chi connectivity index (χ0n) is 5.00. The van der Waals surface area contributed by atoms with E-state index in [4.69, 9.17) is 5.11 Å². The van der Waals surface area contributed by atoms with Gasteiger partial charge in [-0.2, -0.15) is 0 Å². The number of carbonyl (C=O) groups is 1. The van der Waals surface area contributed by atoms with Crippen molar-refractivity contribution in [3.05, 3.63) is 22.4 Å². The smallest absolute Gasteiger partial charge is 0.308 e. The van der Waals surface area contributed by atoms with Gasteiger partial charge in [-0.05, 0) is 11.4 Å². The van der Waals surface area contributed by atoms with E-state index in [-0.39, 0.29) is 44.2 Å². The summed E-state index contributed by atoms with van der Waals surface area (Å²) in [5, 5.41) is 10.2. The fourth-order valence-corrected chi connectivity index (χ4v) is 1.26. The summed E-state index contributed by atoms with van der Waals surface area (Å²) in [5.74, 6) is -0.766. The molecular formula is C6H6HoO2S. The van der Waals surface area contributed by atoms with Crippen molar-refractivity contribution in [3.63, 3.8) is 0 Å². The maximum atomic E-state index is 10.1. The molecule has 0 unspecified atom stereocenters. The van der Waals surface area contributed by atoms with Crippen LogP contribution in [0.4, 0.5) is 0 Å². The van der Waals surface area contributed by atoms with Crippen molar-refractivity contribution in [3.8, 4) is 0 Å². The molecule has 4 heteroatoms. The van der Waals surface area contributed by atoms with Gasteiger partial charge in [0.2, 0.25) is 0 Å². The molecule has 1 aromatic rings. The quantitative estimate of drug-likeness (QED) is 0.838. The molecule has 1 N–H and O–H groups in total. The minimum Gasteiger partial charge on any atom is -0.481 e. The zero-order chi connectivity index (χ0) is 6.69. The molecule has 1 aromatic heterocycles. The third kappa shape index (κ3) is 3.56. The van der Waals surface area contributed by atoms with Gasteiger partial charge in [0.15, 0.2) is 0 Å². The van der Waals surface area contributed by atoms with Gasteiger partial charge in [0.1, 0.15) is 0 Å².